The number of carbonyl (C=O) groups excluding carboxylic acids is 1. The predicted octanol–water partition coefficient (Wildman–Crippen LogP) is 3.67. The van der Waals surface area contributed by atoms with E-state index in [0.29, 0.717) is 0 Å². The highest BCUT2D eigenvalue weighted by Crippen LogP contribution is 2.41. The van der Waals surface area contributed by atoms with Crippen molar-refractivity contribution in [1.82, 2.24) is 5.32 Å². The van der Waals surface area contributed by atoms with Crippen LogP contribution in [0.2, 0.25) is 0 Å². The zero-order chi connectivity index (χ0) is 15.5. The van der Waals surface area contributed by atoms with Gasteiger partial charge in [-0.2, -0.15) is 0 Å². The maximum absolute atomic E-state index is 12.2. The lowest BCUT2D eigenvalue weighted by atomic mass is 9.78. The molecule has 1 aromatic carbocycles. The molecule has 0 radical (unpaired) electrons. The molecule has 3 nitrogen and oxygen atoms in total. The molecule has 0 heterocycles. The molecule has 0 spiro atoms. The van der Waals surface area contributed by atoms with Gasteiger partial charge >= 0.3 is 0 Å². The quantitative estimate of drug-likeness (QED) is 0.918. The number of benzene rings is 1. The molecule has 116 valence electrons. The second-order valence-corrected chi connectivity index (χ2v) is 7.15. The largest absolute Gasteiger partial charge is 0.497 e. The fourth-order valence-corrected chi connectivity index (χ4v) is 3.08. The fraction of sp³-hybridized carbons (Fsp3) is 0.611. The topological polar surface area (TPSA) is 38.3 Å². The number of methoxy groups -OCH3 is 1. The van der Waals surface area contributed by atoms with Crippen LogP contribution in [0.4, 0.5) is 0 Å². The van der Waals surface area contributed by atoms with Crippen LogP contribution in [0.5, 0.6) is 5.75 Å². The Hall–Kier alpha value is -1.51. The van der Waals surface area contributed by atoms with Gasteiger partial charge in [-0.1, -0.05) is 45.7 Å². The van der Waals surface area contributed by atoms with E-state index in [2.05, 4.69) is 17.4 Å². The van der Waals surface area contributed by atoms with E-state index in [0.717, 1.165) is 25.1 Å². The third-order valence-electron chi connectivity index (χ3n) is 4.53. The minimum Gasteiger partial charge on any atom is -0.497 e. The number of amides is 1. The molecule has 0 aromatic heterocycles. The van der Waals surface area contributed by atoms with E-state index in [1.807, 2.05) is 32.9 Å². The Morgan fingerprint density at radius 3 is 2.24 bits per heavy atom. The SMILES string of the molecule is COc1ccc(C2(CNC(=O)C(C)(C)C)CCCC2)cc1. The Labute approximate surface area is 128 Å². The average Bonchev–Trinajstić information content (AvgIpc) is 2.94. The van der Waals surface area contributed by atoms with Gasteiger partial charge in [-0.25, -0.2) is 0 Å². The van der Waals surface area contributed by atoms with Gasteiger partial charge in [0.2, 0.25) is 5.91 Å². The molecular formula is C18H27NO2. The number of rotatable bonds is 4. The molecular weight excluding hydrogens is 262 g/mol. The molecule has 2 rings (SSSR count). The number of carbonyl (C=O) groups is 1. The number of nitrogens with one attached hydrogen (secondary N) is 1. The van der Waals surface area contributed by atoms with Crippen molar-refractivity contribution in [2.45, 2.75) is 51.9 Å². The summed E-state index contributed by atoms with van der Waals surface area (Å²) in [6, 6.07) is 8.32. The second-order valence-electron chi connectivity index (χ2n) is 7.15. The first-order chi connectivity index (χ1) is 9.87. The van der Waals surface area contributed by atoms with Gasteiger partial charge in [-0.05, 0) is 30.5 Å². The number of hydrogen-bond donors (Lipinski definition) is 1. The minimum atomic E-state index is -0.334. The minimum absolute atomic E-state index is 0.0905. The highest BCUT2D eigenvalue weighted by molar-refractivity contribution is 5.81. The summed E-state index contributed by atoms with van der Waals surface area (Å²) in [5.74, 6) is 1.01. The van der Waals surface area contributed by atoms with E-state index in [4.69, 9.17) is 4.74 Å². The van der Waals surface area contributed by atoms with Crippen molar-refractivity contribution in [1.29, 1.82) is 0 Å². The van der Waals surface area contributed by atoms with Gasteiger partial charge in [0.05, 0.1) is 7.11 Å². The molecule has 0 unspecified atom stereocenters. The molecule has 0 bridgehead atoms. The lowest BCUT2D eigenvalue weighted by molar-refractivity contribution is -0.128. The van der Waals surface area contributed by atoms with Crippen LogP contribution < -0.4 is 10.1 Å². The lowest BCUT2D eigenvalue weighted by Crippen LogP contribution is -2.43. The van der Waals surface area contributed by atoms with E-state index in [1.165, 1.54) is 18.4 Å². The summed E-state index contributed by atoms with van der Waals surface area (Å²) in [6.45, 7) is 6.60. The fourth-order valence-electron chi connectivity index (χ4n) is 3.08. The highest BCUT2D eigenvalue weighted by Gasteiger charge is 2.36. The summed E-state index contributed by atoms with van der Waals surface area (Å²) >= 11 is 0. The summed E-state index contributed by atoms with van der Waals surface area (Å²) in [4.78, 5) is 12.2. The molecule has 1 aromatic rings. The van der Waals surface area contributed by atoms with E-state index >= 15 is 0 Å². The van der Waals surface area contributed by atoms with Gasteiger partial charge in [0, 0.05) is 17.4 Å². The van der Waals surface area contributed by atoms with Crippen LogP contribution >= 0.6 is 0 Å². The summed E-state index contributed by atoms with van der Waals surface area (Å²) in [6.07, 6.45) is 4.75. The first-order valence-electron chi connectivity index (χ1n) is 7.80. The molecule has 1 amide bonds. The maximum atomic E-state index is 12.2. The molecule has 1 N–H and O–H groups in total. The third-order valence-corrected chi connectivity index (χ3v) is 4.53. The highest BCUT2D eigenvalue weighted by atomic mass is 16.5. The van der Waals surface area contributed by atoms with Crippen LogP contribution in [0.15, 0.2) is 24.3 Å². The van der Waals surface area contributed by atoms with Gasteiger partial charge in [-0.15, -0.1) is 0 Å². The lowest BCUT2D eigenvalue weighted by Gasteiger charge is -2.31. The second kappa shape index (κ2) is 6.08. The third kappa shape index (κ3) is 3.58. The van der Waals surface area contributed by atoms with E-state index in [-0.39, 0.29) is 16.7 Å². The predicted molar refractivity (Wildman–Crippen MR) is 85.6 cm³/mol. The molecule has 1 saturated carbocycles. The molecule has 21 heavy (non-hydrogen) atoms. The van der Waals surface area contributed by atoms with Crippen molar-refractivity contribution in [3.05, 3.63) is 29.8 Å². The molecule has 0 aliphatic heterocycles. The molecule has 3 heteroatoms. The number of hydrogen-bond acceptors (Lipinski definition) is 2. The van der Waals surface area contributed by atoms with Crippen molar-refractivity contribution < 1.29 is 9.53 Å². The smallest absolute Gasteiger partial charge is 0.225 e. The average molecular weight is 289 g/mol. The van der Waals surface area contributed by atoms with Crippen LogP contribution in [-0.4, -0.2) is 19.6 Å². The van der Waals surface area contributed by atoms with Gasteiger partial charge in [0.15, 0.2) is 0 Å². The normalized spacial score (nSPS) is 17.5. The Bertz CT molecular complexity index is 479. The van der Waals surface area contributed by atoms with E-state index in [1.54, 1.807) is 7.11 Å². The summed E-state index contributed by atoms with van der Waals surface area (Å²) in [5.41, 5.74) is 1.07. The monoisotopic (exact) mass is 289 g/mol. The first-order valence-corrected chi connectivity index (χ1v) is 7.80. The molecule has 1 fully saturated rings. The van der Waals surface area contributed by atoms with Gasteiger partial charge in [0.1, 0.15) is 5.75 Å². The number of ether oxygens (including phenoxy) is 1. The van der Waals surface area contributed by atoms with Crippen molar-refractivity contribution in [2.75, 3.05) is 13.7 Å². The summed E-state index contributed by atoms with van der Waals surface area (Å²) in [7, 11) is 1.68. The molecule has 1 aliphatic rings. The molecule has 0 saturated heterocycles. The van der Waals surface area contributed by atoms with Gasteiger partial charge < -0.3 is 10.1 Å². The zero-order valence-electron chi connectivity index (χ0n) is 13.7. The van der Waals surface area contributed by atoms with Crippen LogP contribution in [0.25, 0.3) is 0 Å². The van der Waals surface area contributed by atoms with Gasteiger partial charge in [-0.3, -0.25) is 4.79 Å². The first kappa shape index (κ1) is 15.9. The van der Waals surface area contributed by atoms with Crippen molar-refractivity contribution >= 4 is 5.91 Å². The summed E-state index contributed by atoms with van der Waals surface area (Å²) in [5, 5.41) is 3.16. The van der Waals surface area contributed by atoms with Crippen molar-refractivity contribution in [2.24, 2.45) is 5.41 Å². The maximum Gasteiger partial charge on any atom is 0.225 e. The van der Waals surface area contributed by atoms with Crippen molar-refractivity contribution in [3.8, 4) is 5.75 Å². The standard InChI is InChI=1S/C18H27NO2/c1-17(2,3)16(20)19-13-18(11-5-6-12-18)14-7-9-15(21-4)10-8-14/h7-10H,5-6,11-13H2,1-4H3,(H,19,20). The van der Waals surface area contributed by atoms with Crippen LogP contribution in [0, 0.1) is 5.41 Å². The van der Waals surface area contributed by atoms with E-state index in [9.17, 15) is 4.79 Å². The van der Waals surface area contributed by atoms with Crippen LogP contribution in [-0.2, 0) is 10.2 Å². The molecule has 1 aliphatic carbocycles. The summed E-state index contributed by atoms with van der Waals surface area (Å²) < 4.78 is 5.24. The molecule has 0 atom stereocenters. The Morgan fingerprint density at radius 2 is 1.76 bits per heavy atom. The van der Waals surface area contributed by atoms with E-state index < -0.39 is 0 Å². The van der Waals surface area contributed by atoms with Crippen molar-refractivity contribution in [3.63, 3.8) is 0 Å². The Balaban J connectivity index is 2.14. The van der Waals surface area contributed by atoms with Crippen LogP contribution in [0.3, 0.4) is 0 Å². The van der Waals surface area contributed by atoms with Crippen LogP contribution in [0.1, 0.15) is 52.0 Å². The Morgan fingerprint density at radius 1 is 1.19 bits per heavy atom. The van der Waals surface area contributed by atoms with Gasteiger partial charge in [0.25, 0.3) is 0 Å². The zero-order valence-corrected chi connectivity index (χ0v) is 13.7. The Kier molecular flexibility index (Phi) is 4.60.